The van der Waals surface area contributed by atoms with Gasteiger partial charge in [-0.15, -0.1) is 0 Å². The van der Waals surface area contributed by atoms with Crippen molar-refractivity contribution in [3.8, 4) is 5.88 Å². The van der Waals surface area contributed by atoms with Crippen LogP contribution in [0, 0.1) is 0 Å². The molecule has 0 aromatic carbocycles. The second-order valence-electron chi connectivity index (χ2n) is 4.98. The van der Waals surface area contributed by atoms with Gasteiger partial charge in [0.1, 0.15) is 11.8 Å². The molecule has 118 valence electrons. The third kappa shape index (κ3) is 3.53. The number of nitrogens with zero attached hydrogens (tertiary/aromatic N) is 5. The highest BCUT2D eigenvalue weighted by atomic mass is 19.4. The van der Waals surface area contributed by atoms with Crippen molar-refractivity contribution >= 4 is 0 Å². The Bertz CT molecular complexity index is 610. The van der Waals surface area contributed by atoms with Crippen LogP contribution < -0.4 is 4.74 Å². The summed E-state index contributed by atoms with van der Waals surface area (Å²) in [6.07, 6.45) is -1.37. The number of halogens is 3. The predicted molar refractivity (Wildman–Crippen MR) is 70.1 cm³/mol. The summed E-state index contributed by atoms with van der Waals surface area (Å²) >= 11 is 0. The maximum Gasteiger partial charge on any atom is 0.433 e. The minimum atomic E-state index is -4.46. The van der Waals surface area contributed by atoms with Crippen LogP contribution in [0.1, 0.15) is 5.69 Å². The number of aromatic nitrogens is 4. The highest BCUT2D eigenvalue weighted by molar-refractivity contribution is 5.18. The zero-order valence-corrected chi connectivity index (χ0v) is 11.6. The maximum atomic E-state index is 12.6. The number of ether oxygens (including phenoxy) is 1. The van der Waals surface area contributed by atoms with Gasteiger partial charge in [-0.05, 0) is 6.07 Å². The molecule has 3 heterocycles. The fourth-order valence-electron chi connectivity index (χ4n) is 2.18. The number of hydrogen-bond acceptors (Lipinski definition) is 5. The molecule has 3 rings (SSSR count). The van der Waals surface area contributed by atoms with Crippen molar-refractivity contribution in [3.63, 3.8) is 0 Å². The van der Waals surface area contributed by atoms with Crippen molar-refractivity contribution in [2.45, 2.75) is 18.8 Å². The molecule has 0 radical (unpaired) electrons. The number of likely N-dealkylation sites (tertiary alicyclic amines) is 1. The van der Waals surface area contributed by atoms with Gasteiger partial charge >= 0.3 is 6.18 Å². The Morgan fingerprint density at radius 2 is 1.86 bits per heavy atom. The summed E-state index contributed by atoms with van der Waals surface area (Å²) in [7, 11) is 0. The van der Waals surface area contributed by atoms with E-state index in [0.29, 0.717) is 19.6 Å². The molecule has 1 aliphatic heterocycles. The van der Waals surface area contributed by atoms with E-state index < -0.39 is 11.9 Å². The fraction of sp³-hybridized carbons (Fsp3) is 0.462. The van der Waals surface area contributed by atoms with E-state index in [-0.39, 0.29) is 12.0 Å². The van der Waals surface area contributed by atoms with Gasteiger partial charge in [-0.3, -0.25) is 4.90 Å². The van der Waals surface area contributed by atoms with E-state index in [4.69, 9.17) is 4.74 Å². The Hall–Kier alpha value is -2.16. The lowest BCUT2D eigenvalue weighted by atomic mass is 10.1. The molecule has 6 nitrogen and oxygen atoms in total. The topological polar surface area (TPSA) is 56.1 Å². The van der Waals surface area contributed by atoms with Gasteiger partial charge in [-0.1, -0.05) is 6.07 Å². The smallest absolute Gasteiger partial charge is 0.433 e. The molecule has 0 spiro atoms. The van der Waals surface area contributed by atoms with Gasteiger partial charge in [0, 0.05) is 25.7 Å². The lowest BCUT2D eigenvalue weighted by Gasteiger charge is -2.38. The van der Waals surface area contributed by atoms with Crippen LogP contribution in [0.2, 0.25) is 0 Å². The first-order chi connectivity index (χ1) is 10.5. The van der Waals surface area contributed by atoms with E-state index >= 15 is 0 Å². The summed E-state index contributed by atoms with van der Waals surface area (Å²) < 4.78 is 43.1. The molecule has 0 amide bonds. The molecule has 0 aliphatic carbocycles. The normalized spacial score (nSPS) is 16.5. The molecule has 9 heteroatoms. The zero-order valence-electron chi connectivity index (χ0n) is 11.6. The molecule has 1 fully saturated rings. The van der Waals surface area contributed by atoms with Crippen LogP contribution in [0.3, 0.4) is 0 Å². The van der Waals surface area contributed by atoms with Crippen molar-refractivity contribution in [2.24, 2.45) is 0 Å². The van der Waals surface area contributed by atoms with E-state index in [1.54, 1.807) is 17.2 Å². The largest absolute Gasteiger partial charge is 0.472 e. The third-order valence-corrected chi connectivity index (χ3v) is 3.31. The van der Waals surface area contributed by atoms with Crippen LogP contribution in [0.4, 0.5) is 13.2 Å². The summed E-state index contributed by atoms with van der Waals surface area (Å²) in [4.78, 5) is 7.19. The first kappa shape index (κ1) is 14.8. The van der Waals surface area contributed by atoms with Crippen LogP contribution in [-0.4, -0.2) is 50.6 Å². The summed E-state index contributed by atoms with van der Waals surface area (Å²) in [6, 6.07) is 3.66. The van der Waals surface area contributed by atoms with Gasteiger partial charge in [0.2, 0.25) is 5.88 Å². The lowest BCUT2D eigenvalue weighted by molar-refractivity contribution is -0.141. The molecular formula is C13H14F3N5O. The SMILES string of the molecule is FC(F)(F)c1cccc(OC2CN(CCn3nccn3)C2)n1. The van der Waals surface area contributed by atoms with Gasteiger partial charge < -0.3 is 4.74 Å². The predicted octanol–water partition coefficient (Wildman–Crippen LogP) is 1.46. The van der Waals surface area contributed by atoms with Crippen molar-refractivity contribution in [2.75, 3.05) is 19.6 Å². The Labute approximate surface area is 124 Å². The number of hydrogen-bond donors (Lipinski definition) is 0. The van der Waals surface area contributed by atoms with Gasteiger partial charge in [-0.2, -0.15) is 28.2 Å². The van der Waals surface area contributed by atoms with E-state index in [9.17, 15) is 13.2 Å². The molecule has 0 unspecified atom stereocenters. The molecule has 1 aliphatic rings. The van der Waals surface area contributed by atoms with Crippen molar-refractivity contribution in [3.05, 3.63) is 36.3 Å². The second kappa shape index (κ2) is 5.91. The summed E-state index contributed by atoms with van der Waals surface area (Å²) in [6.45, 7) is 2.74. The number of pyridine rings is 1. The quantitative estimate of drug-likeness (QED) is 0.836. The van der Waals surface area contributed by atoms with Crippen LogP contribution >= 0.6 is 0 Å². The lowest BCUT2D eigenvalue weighted by Crippen LogP contribution is -2.54. The molecule has 2 aromatic rings. The second-order valence-corrected chi connectivity index (χ2v) is 4.98. The van der Waals surface area contributed by atoms with E-state index in [2.05, 4.69) is 20.1 Å². The highest BCUT2D eigenvalue weighted by Crippen LogP contribution is 2.29. The minimum Gasteiger partial charge on any atom is -0.472 e. The van der Waals surface area contributed by atoms with E-state index in [1.165, 1.54) is 12.1 Å². The van der Waals surface area contributed by atoms with Crippen LogP contribution in [-0.2, 0) is 12.7 Å². The van der Waals surface area contributed by atoms with E-state index in [1.807, 2.05) is 0 Å². The maximum absolute atomic E-state index is 12.6. The summed E-state index contributed by atoms with van der Waals surface area (Å²) in [5.74, 6) is 0.00761. The third-order valence-electron chi connectivity index (χ3n) is 3.31. The highest BCUT2D eigenvalue weighted by Gasteiger charge is 2.33. The van der Waals surface area contributed by atoms with Crippen molar-refractivity contribution < 1.29 is 17.9 Å². The van der Waals surface area contributed by atoms with Crippen LogP contribution in [0.5, 0.6) is 5.88 Å². The number of rotatable bonds is 5. The molecule has 0 saturated carbocycles. The molecule has 0 bridgehead atoms. The van der Waals surface area contributed by atoms with Crippen LogP contribution in [0.25, 0.3) is 0 Å². The van der Waals surface area contributed by atoms with Gasteiger partial charge in [0.25, 0.3) is 0 Å². The Balaban J connectivity index is 1.46. The molecule has 22 heavy (non-hydrogen) atoms. The van der Waals surface area contributed by atoms with Crippen molar-refractivity contribution in [1.82, 2.24) is 24.9 Å². The zero-order chi connectivity index (χ0) is 15.6. The molecule has 1 saturated heterocycles. The molecule has 2 aromatic heterocycles. The Morgan fingerprint density at radius 1 is 1.14 bits per heavy atom. The molecule has 0 N–H and O–H groups in total. The van der Waals surface area contributed by atoms with Crippen LogP contribution in [0.15, 0.2) is 30.6 Å². The first-order valence-corrected chi connectivity index (χ1v) is 6.78. The minimum absolute atomic E-state index is 0.00761. The Kier molecular flexibility index (Phi) is 3.97. The van der Waals surface area contributed by atoms with Gasteiger partial charge in [0.15, 0.2) is 0 Å². The van der Waals surface area contributed by atoms with Gasteiger partial charge in [0.05, 0.1) is 18.9 Å². The fourth-order valence-corrected chi connectivity index (χ4v) is 2.18. The first-order valence-electron chi connectivity index (χ1n) is 6.78. The molecule has 0 atom stereocenters. The van der Waals surface area contributed by atoms with E-state index in [0.717, 1.165) is 12.6 Å². The standard InChI is InChI=1S/C13H14F3N5O/c14-13(15,16)11-2-1-3-12(19-11)22-10-8-20(9-10)6-7-21-17-4-5-18-21/h1-5,10H,6-9H2. The number of alkyl halides is 3. The molecular weight excluding hydrogens is 299 g/mol. The summed E-state index contributed by atoms with van der Waals surface area (Å²) in [5, 5.41) is 7.99. The average molecular weight is 313 g/mol. The van der Waals surface area contributed by atoms with Gasteiger partial charge in [-0.25, -0.2) is 4.98 Å². The summed E-state index contributed by atoms with van der Waals surface area (Å²) in [5.41, 5.74) is -0.939. The van der Waals surface area contributed by atoms with Crippen molar-refractivity contribution in [1.29, 1.82) is 0 Å². The Morgan fingerprint density at radius 3 is 2.55 bits per heavy atom. The monoisotopic (exact) mass is 313 g/mol. The average Bonchev–Trinajstić information content (AvgIpc) is 2.94.